The van der Waals surface area contributed by atoms with Crippen LogP contribution in [0, 0.1) is 0 Å². The van der Waals surface area contributed by atoms with E-state index in [0.717, 1.165) is 0 Å². The number of aromatic nitrogens is 1. The van der Waals surface area contributed by atoms with E-state index in [-0.39, 0.29) is 29.4 Å². The van der Waals surface area contributed by atoms with E-state index in [1.165, 1.54) is 11.1 Å². The third kappa shape index (κ3) is 5.27. The van der Waals surface area contributed by atoms with Gasteiger partial charge in [0.25, 0.3) is 0 Å². The molecule has 33 heavy (non-hydrogen) atoms. The number of amides is 2. The monoisotopic (exact) mass is 469 g/mol. The normalized spacial score (nSPS) is 11.8. The van der Waals surface area contributed by atoms with Crippen molar-refractivity contribution >= 4 is 38.2 Å². The summed E-state index contributed by atoms with van der Waals surface area (Å²) in [4.78, 5) is 29.0. The third-order valence-electron chi connectivity index (χ3n) is 5.62. The predicted octanol–water partition coefficient (Wildman–Crippen LogP) is 3.72. The summed E-state index contributed by atoms with van der Waals surface area (Å²) in [5.74, 6) is -1.28. The number of sulfone groups is 1. The molecule has 0 fully saturated rings. The molecular weight excluding hydrogens is 438 g/mol. The Morgan fingerprint density at radius 1 is 0.879 bits per heavy atom. The highest BCUT2D eigenvalue weighted by Gasteiger charge is 2.28. The molecule has 1 heterocycles. The van der Waals surface area contributed by atoms with E-state index in [2.05, 4.69) is 0 Å². The number of rotatable bonds is 8. The first-order valence-corrected chi connectivity index (χ1v) is 12.6. The van der Waals surface area contributed by atoms with Gasteiger partial charge in [0.1, 0.15) is 12.3 Å². The van der Waals surface area contributed by atoms with Crippen LogP contribution in [0.2, 0.25) is 0 Å². The first-order valence-electron chi connectivity index (χ1n) is 11.0. The molecule has 0 N–H and O–H groups in total. The van der Waals surface area contributed by atoms with Gasteiger partial charge in [-0.15, -0.1) is 0 Å². The zero-order chi connectivity index (χ0) is 24.3. The molecule has 0 radical (unpaired) electrons. The average Bonchev–Trinajstić information content (AvgIpc) is 3.12. The first kappa shape index (κ1) is 24.5. The van der Waals surface area contributed by atoms with Gasteiger partial charge >= 0.3 is 0 Å². The van der Waals surface area contributed by atoms with Crippen molar-refractivity contribution in [2.75, 3.05) is 17.7 Å². The van der Waals surface area contributed by atoms with Crippen LogP contribution in [0.1, 0.15) is 27.7 Å². The Morgan fingerprint density at radius 3 is 2.06 bits per heavy atom. The molecule has 8 heteroatoms. The van der Waals surface area contributed by atoms with Crippen LogP contribution >= 0.6 is 0 Å². The van der Waals surface area contributed by atoms with Crippen LogP contribution in [0.15, 0.2) is 65.7 Å². The van der Waals surface area contributed by atoms with Crippen molar-refractivity contribution in [1.29, 1.82) is 0 Å². The van der Waals surface area contributed by atoms with Gasteiger partial charge in [-0.05, 0) is 45.9 Å². The van der Waals surface area contributed by atoms with Gasteiger partial charge in [0.05, 0.1) is 4.90 Å². The average molecular weight is 470 g/mol. The molecule has 0 aliphatic carbocycles. The second kappa shape index (κ2) is 9.79. The number of benzene rings is 2. The van der Waals surface area contributed by atoms with Crippen molar-refractivity contribution in [3.05, 3.63) is 60.8 Å². The van der Waals surface area contributed by atoms with Crippen molar-refractivity contribution in [3.8, 4) is 0 Å². The smallest absolute Gasteiger partial charge is 0.242 e. The van der Waals surface area contributed by atoms with Gasteiger partial charge in [-0.1, -0.05) is 36.4 Å². The van der Waals surface area contributed by atoms with Crippen molar-refractivity contribution in [3.63, 3.8) is 0 Å². The molecule has 1 aromatic heterocycles. The highest BCUT2D eigenvalue weighted by molar-refractivity contribution is 7.92. The van der Waals surface area contributed by atoms with Gasteiger partial charge in [-0.2, -0.15) is 0 Å². The second-order valence-electron chi connectivity index (χ2n) is 8.67. The zero-order valence-electron chi connectivity index (χ0n) is 19.7. The van der Waals surface area contributed by atoms with E-state index >= 15 is 0 Å². The molecule has 0 spiro atoms. The predicted molar refractivity (Wildman–Crippen MR) is 131 cm³/mol. The molecule has 2 amide bonds. The molecule has 0 bridgehead atoms. The summed E-state index contributed by atoms with van der Waals surface area (Å²) in [5, 5.41) is 0.501. The van der Waals surface area contributed by atoms with Gasteiger partial charge in [0, 0.05) is 41.9 Å². The van der Waals surface area contributed by atoms with Crippen LogP contribution in [-0.2, 0) is 26.0 Å². The Labute approximate surface area is 195 Å². The van der Waals surface area contributed by atoms with E-state index in [1.807, 2.05) is 33.8 Å². The third-order valence-corrected chi connectivity index (χ3v) is 7.25. The van der Waals surface area contributed by atoms with Crippen molar-refractivity contribution in [2.45, 2.75) is 51.2 Å². The van der Waals surface area contributed by atoms with E-state index in [1.54, 1.807) is 65.0 Å². The molecule has 0 aliphatic heterocycles. The lowest BCUT2D eigenvalue weighted by Crippen LogP contribution is -2.43. The molecule has 0 atom stereocenters. The summed E-state index contributed by atoms with van der Waals surface area (Å²) in [5.41, 5.74) is 1.26. The molecular formula is C25H31N3O4S. The largest absolute Gasteiger partial charge is 0.337 e. The highest BCUT2D eigenvalue weighted by atomic mass is 32.2. The Hall–Kier alpha value is -3.13. The topological polar surface area (TPSA) is 79.7 Å². The minimum absolute atomic E-state index is 0.0181. The standard InChI is InChI=1S/C25H31N3O4S/c1-18(2)28(19(3)4)24(29)16-27-15-23(21-13-9-10-14-22(21)27)33(31,32)17-25(30)26(5)20-11-7-6-8-12-20/h6-15,18-19H,16-17H2,1-5H3. The molecule has 2 aromatic carbocycles. The molecule has 7 nitrogen and oxygen atoms in total. The SMILES string of the molecule is CC(C)N(C(=O)Cn1cc(S(=O)(=O)CC(=O)N(C)c2ccccc2)c2ccccc21)C(C)C. The number of carbonyl (C=O) groups is 2. The van der Waals surface area contributed by atoms with Gasteiger partial charge in [0.2, 0.25) is 11.8 Å². The highest BCUT2D eigenvalue weighted by Crippen LogP contribution is 2.27. The molecule has 0 saturated carbocycles. The van der Waals surface area contributed by atoms with E-state index < -0.39 is 21.5 Å². The zero-order valence-corrected chi connectivity index (χ0v) is 20.5. The summed E-state index contributed by atoms with van der Waals surface area (Å²) in [6.45, 7) is 7.84. The van der Waals surface area contributed by atoms with Crippen molar-refractivity contribution < 1.29 is 18.0 Å². The summed E-state index contributed by atoms with van der Waals surface area (Å²) >= 11 is 0. The van der Waals surface area contributed by atoms with Crippen LogP contribution in [0.5, 0.6) is 0 Å². The first-order chi connectivity index (χ1) is 15.5. The fraction of sp³-hybridized carbons (Fsp3) is 0.360. The Morgan fingerprint density at radius 2 is 1.45 bits per heavy atom. The number of fused-ring (bicyclic) bond motifs is 1. The molecule has 176 valence electrons. The lowest BCUT2D eigenvalue weighted by molar-refractivity contribution is -0.135. The maximum atomic E-state index is 13.3. The van der Waals surface area contributed by atoms with Gasteiger partial charge in [-0.3, -0.25) is 9.59 Å². The number of hydrogen-bond donors (Lipinski definition) is 0. The summed E-state index contributed by atoms with van der Waals surface area (Å²) in [7, 11) is -2.39. The maximum absolute atomic E-state index is 13.3. The van der Waals surface area contributed by atoms with Crippen LogP contribution < -0.4 is 4.90 Å². The van der Waals surface area contributed by atoms with Crippen LogP contribution in [0.3, 0.4) is 0 Å². The number of anilines is 1. The summed E-state index contributed by atoms with van der Waals surface area (Å²) in [6.07, 6.45) is 1.48. The molecule has 3 aromatic rings. The van der Waals surface area contributed by atoms with Crippen LogP contribution in [0.4, 0.5) is 5.69 Å². The van der Waals surface area contributed by atoms with E-state index in [4.69, 9.17) is 0 Å². The number of carbonyl (C=O) groups excluding carboxylic acids is 2. The Bertz CT molecular complexity index is 1240. The van der Waals surface area contributed by atoms with E-state index in [9.17, 15) is 18.0 Å². The number of hydrogen-bond acceptors (Lipinski definition) is 4. The van der Waals surface area contributed by atoms with Crippen LogP contribution in [0.25, 0.3) is 10.9 Å². The van der Waals surface area contributed by atoms with E-state index in [0.29, 0.717) is 16.6 Å². The minimum atomic E-state index is -3.94. The van der Waals surface area contributed by atoms with Gasteiger partial charge < -0.3 is 14.4 Å². The molecule has 0 saturated heterocycles. The molecule has 0 unspecified atom stereocenters. The second-order valence-corrected chi connectivity index (χ2v) is 10.6. The maximum Gasteiger partial charge on any atom is 0.242 e. The Balaban J connectivity index is 1.93. The molecule has 0 aliphatic rings. The van der Waals surface area contributed by atoms with Crippen LogP contribution in [-0.4, -0.2) is 54.6 Å². The van der Waals surface area contributed by atoms with Crippen molar-refractivity contribution in [2.24, 2.45) is 0 Å². The summed E-state index contributed by atoms with van der Waals surface area (Å²) < 4.78 is 28.2. The molecule has 3 rings (SSSR count). The fourth-order valence-corrected chi connectivity index (χ4v) is 5.59. The Kier molecular flexibility index (Phi) is 7.27. The van der Waals surface area contributed by atoms with Gasteiger partial charge in [0.15, 0.2) is 9.84 Å². The lowest BCUT2D eigenvalue weighted by Gasteiger charge is -2.31. The summed E-state index contributed by atoms with van der Waals surface area (Å²) in [6, 6.07) is 16.0. The number of para-hydroxylation sites is 2. The quantitative estimate of drug-likeness (QED) is 0.504. The fourth-order valence-electron chi connectivity index (χ4n) is 4.12. The minimum Gasteiger partial charge on any atom is -0.337 e. The lowest BCUT2D eigenvalue weighted by atomic mass is 10.2. The van der Waals surface area contributed by atoms with Gasteiger partial charge in [-0.25, -0.2) is 8.42 Å². The van der Waals surface area contributed by atoms with Crippen molar-refractivity contribution in [1.82, 2.24) is 9.47 Å². The number of nitrogens with zero attached hydrogens (tertiary/aromatic N) is 3.